The van der Waals surface area contributed by atoms with Crippen LogP contribution in [0.1, 0.15) is 41.9 Å². The summed E-state index contributed by atoms with van der Waals surface area (Å²) in [6.45, 7) is 5.18. The minimum absolute atomic E-state index is 0.0431. The predicted molar refractivity (Wildman–Crippen MR) is 183 cm³/mol. The number of sulfonamides is 1. The standard InChI is InChI=1S/C36H47N3O8S/c1-26-7-14-31(15-8-26)48(41,42)39-24-35(47-25-27-9-16-34-33(21-27)38(18-20-46-34)17-6-19-43-3)32(28-10-12-30(44-4)13-11-28)22-29(39)23-36(40)37(2)45-5/h7-16,21,29,32,35H,6,17-20,22-25H2,1-5H3/t29-,32-,35+/m1/s1. The van der Waals surface area contributed by atoms with Gasteiger partial charge in [0.05, 0.1) is 44.1 Å². The summed E-state index contributed by atoms with van der Waals surface area (Å²) in [5, 5.41) is 1.14. The van der Waals surface area contributed by atoms with E-state index in [0.29, 0.717) is 19.6 Å². The van der Waals surface area contributed by atoms with Crippen LogP contribution < -0.4 is 14.4 Å². The van der Waals surface area contributed by atoms with Crippen molar-refractivity contribution in [1.29, 1.82) is 0 Å². The van der Waals surface area contributed by atoms with Gasteiger partial charge in [-0.2, -0.15) is 4.31 Å². The molecule has 0 spiro atoms. The maximum absolute atomic E-state index is 14.3. The average molecular weight is 682 g/mol. The van der Waals surface area contributed by atoms with Crippen LogP contribution in [0, 0.1) is 6.92 Å². The van der Waals surface area contributed by atoms with Gasteiger partial charge in [0.15, 0.2) is 0 Å². The lowest BCUT2D eigenvalue weighted by molar-refractivity contribution is -0.170. The van der Waals surface area contributed by atoms with Gasteiger partial charge in [-0.1, -0.05) is 35.9 Å². The van der Waals surface area contributed by atoms with Gasteiger partial charge in [0.25, 0.3) is 0 Å². The van der Waals surface area contributed by atoms with E-state index in [0.717, 1.165) is 58.5 Å². The molecular weight excluding hydrogens is 634 g/mol. The first-order chi connectivity index (χ1) is 23.1. The molecule has 3 aromatic rings. The van der Waals surface area contributed by atoms with Crippen molar-refractivity contribution in [2.24, 2.45) is 0 Å². The SMILES string of the molecule is COCCCN1CCOc2ccc(CO[C@H]3CN(S(=O)(=O)c4ccc(C)cc4)[C@@H](CC(=O)N(C)OC)C[C@@H]3c3ccc(OC)cc3)cc21. The second-order valence-corrected chi connectivity index (χ2v) is 14.2. The number of aryl methyl sites for hydroxylation is 1. The quantitative estimate of drug-likeness (QED) is 0.176. The first-order valence-corrected chi connectivity index (χ1v) is 17.7. The number of benzene rings is 3. The molecule has 0 radical (unpaired) electrons. The number of methoxy groups -OCH3 is 2. The van der Waals surface area contributed by atoms with Crippen LogP contribution in [0.25, 0.3) is 0 Å². The van der Waals surface area contributed by atoms with E-state index in [1.165, 1.54) is 18.5 Å². The van der Waals surface area contributed by atoms with Gasteiger partial charge in [0.2, 0.25) is 15.9 Å². The normalized spacial score (nSPS) is 19.8. The van der Waals surface area contributed by atoms with E-state index in [9.17, 15) is 13.2 Å². The molecule has 3 aromatic carbocycles. The minimum Gasteiger partial charge on any atom is -0.497 e. The highest BCUT2D eigenvalue weighted by Crippen LogP contribution is 2.39. The summed E-state index contributed by atoms with van der Waals surface area (Å²) in [5.74, 6) is 1.04. The first-order valence-electron chi connectivity index (χ1n) is 16.3. The third kappa shape index (κ3) is 8.30. The molecule has 2 heterocycles. The molecule has 11 nitrogen and oxygen atoms in total. The van der Waals surface area contributed by atoms with Gasteiger partial charge >= 0.3 is 0 Å². The van der Waals surface area contributed by atoms with Gasteiger partial charge in [-0.05, 0) is 67.3 Å². The Morgan fingerprint density at radius 1 is 1.02 bits per heavy atom. The number of hydrogen-bond acceptors (Lipinski definition) is 9. The number of fused-ring (bicyclic) bond motifs is 1. The van der Waals surface area contributed by atoms with E-state index < -0.39 is 22.2 Å². The number of ether oxygens (including phenoxy) is 4. The number of carbonyl (C=O) groups is 1. The van der Waals surface area contributed by atoms with Gasteiger partial charge in [-0.25, -0.2) is 13.5 Å². The molecule has 2 aliphatic rings. The molecule has 5 rings (SSSR count). The molecule has 0 unspecified atom stereocenters. The molecule has 260 valence electrons. The number of amides is 1. The summed E-state index contributed by atoms with van der Waals surface area (Å²) >= 11 is 0. The Morgan fingerprint density at radius 2 is 1.77 bits per heavy atom. The molecule has 1 fully saturated rings. The molecule has 0 bridgehead atoms. The van der Waals surface area contributed by atoms with Crippen LogP contribution in [0.2, 0.25) is 0 Å². The zero-order valence-electron chi connectivity index (χ0n) is 28.5. The third-order valence-electron chi connectivity index (χ3n) is 9.17. The Kier molecular flexibility index (Phi) is 12.0. The van der Waals surface area contributed by atoms with Crippen LogP contribution in [-0.2, 0) is 35.7 Å². The summed E-state index contributed by atoms with van der Waals surface area (Å²) in [5.41, 5.74) is 3.90. The highest BCUT2D eigenvalue weighted by atomic mass is 32.2. The fourth-order valence-corrected chi connectivity index (χ4v) is 8.03. The predicted octanol–water partition coefficient (Wildman–Crippen LogP) is 4.78. The van der Waals surface area contributed by atoms with Crippen LogP contribution in [0.4, 0.5) is 5.69 Å². The molecule has 48 heavy (non-hydrogen) atoms. The topological polar surface area (TPSA) is 107 Å². The monoisotopic (exact) mass is 681 g/mol. The van der Waals surface area contributed by atoms with Crippen LogP contribution in [-0.4, -0.2) is 97.1 Å². The van der Waals surface area contributed by atoms with Crippen molar-refractivity contribution >= 4 is 21.6 Å². The Hall–Kier alpha value is -3.68. The lowest BCUT2D eigenvalue weighted by Crippen LogP contribution is -2.53. The summed E-state index contributed by atoms with van der Waals surface area (Å²) in [7, 11) is 2.28. The number of hydroxylamine groups is 2. The number of anilines is 1. The second-order valence-electron chi connectivity index (χ2n) is 12.3. The minimum atomic E-state index is -3.98. The molecule has 0 aliphatic carbocycles. The summed E-state index contributed by atoms with van der Waals surface area (Å²) in [4.78, 5) is 20.8. The van der Waals surface area contributed by atoms with Crippen molar-refractivity contribution in [2.45, 2.75) is 55.8 Å². The third-order valence-corrected chi connectivity index (χ3v) is 11.1. The second kappa shape index (κ2) is 16.1. The Labute approximate surface area is 284 Å². The maximum Gasteiger partial charge on any atom is 0.247 e. The van der Waals surface area contributed by atoms with Crippen molar-refractivity contribution in [3.8, 4) is 11.5 Å². The molecular formula is C36H47N3O8S. The van der Waals surface area contributed by atoms with E-state index >= 15 is 0 Å². The maximum atomic E-state index is 14.3. The number of nitrogens with zero attached hydrogens (tertiary/aromatic N) is 3. The number of carbonyl (C=O) groups excluding carboxylic acids is 1. The molecule has 0 N–H and O–H groups in total. The van der Waals surface area contributed by atoms with Crippen LogP contribution in [0.3, 0.4) is 0 Å². The lowest BCUT2D eigenvalue weighted by Gasteiger charge is -2.43. The number of hydrogen-bond donors (Lipinski definition) is 0. The Morgan fingerprint density at radius 3 is 2.46 bits per heavy atom. The zero-order valence-corrected chi connectivity index (χ0v) is 29.3. The van der Waals surface area contributed by atoms with Crippen molar-refractivity contribution in [3.63, 3.8) is 0 Å². The van der Waals surface area contributed by atoms with Crippen LogP contribution in [0.5, 0.6) is 11.5 Å². The molecule has 1 saturated heterocycles. The van der Waals surface area contributed by atoms with E-state index in [4.69, 9.17) is 23.8 Å². The van der Waals surface area contributed by atoms with Gasteiger partial charge in [0, 0.05) is 52.2 Å². The highest BCUT2D eigenvalue weighted by molar-refractivity contribution is 7.89. The van der Waals surface area contributed by atoms with Crippen molar-refractivity contribution in [1.82, 2.24) is 9.37 Å². The molecule has 0 saturated carbocycles. The van der Waals surface area contributed by atoms with Gasteiger partial charge in [-0.15, -0.1) is 0 Å². The van der Waals surface area contributed by atoms with E-state index in [-0.39, 0.29) is 36.3 Å². The summed E-state index contributed by atoms with van der Waals surface area (Å²) in [6, 6.07) is 20.0. The van der Waals surface area contributed by atoms with Gasteiger partial charge in [0.1, 0.15) is 18.1 Å². The molecule has 12 heteroatoms. The smallest absolute Gasteiger partial charge is 0.247 e. The zero-order chi connectivity index (χ0) is 34.3. The molecule has 3 atom stereocenters. The molecule has 0 aromatic heterocycles. The molecule has 2 aliphatic heterocycles. The lowest BCUT2D eigenvalue weighted by atomic mass is 9.83. The summed E-state index contributed by atoms with van der Waals surface area (Å²) in [6.07, 6.45) is 0.724. The highest BCUT2D eigenvalue weighted by Gasteiger charge is 2.44. The van der Waals surface area contributed by atoms with Crippen LogP contribution >= 0.6 is 0 Å². The van der Waals surface area contributed by atoms with Crippen molar-refractivity contribution < 1.29 is 37.0 Å². The van der Waals surface area contributed by atoms with E-state index in [1.807, 2.05) is 43.3 Å². The molecule has 1 amide bonds. The fraction of sp³-hybridized carbons (Fsp3) is 0.472. The van der Waals surface area contributed by atoms with Crippen molar-refractivity contribution in [2.75, 3.05) is 66.1 Å². The van der Waals surface area contributed by atoms with Crippen LogP contribution in [0.15, 0.2) is 71.6 Å². The van der Waals surface area contributed by atoms with E-state index in [2.05, 4.69) is 11.0 Å². The van der Waals surface area contributed by atoms with Gasteiger partial charge in [-0.3, -0.25) is 9.63 Å². The first kappa shape index (κ1) is 35.6. The number of piperidine rings is 1. The van der Waals surface area contributed by atoms with Gasteiger partial charge < -0.3 is 23.8 Å². The number of rotatable bonds is 14. The summed E-state index contributed by atoms with van der Waals surface area (Å²) < 4.78 is 53.2. The van der Waals surface area contributed by atoms with E-state index in [1.54, 1.807) is 38.5 Å². The largest absolute Gasteiger partial charge is 0.497 e. The Bertz CT molecular complexity index is 1620. The Balaban J connectivity index is 1.46. The fourth-order valence-electron chi connectivity index (χ4n) is 6.39. The van der Waals surface area contributed by atoms with Crippen molar-refractivity contribution in [3.05, 3.63) is 83.4 Å². The average Bonchev–Trinajstić information content (AvgIpc) is 3.10.